The second kappa shape index (κ2) is 6.75. The van der Waals surface area contributed by atoms with Crippen LogP contribution in [0.5, 0.6) is 5.75 Å². The molecule has 142 valence electrons. The Labute approximate surface area is 160 Å². The normalized spacial score (nSPS) is 31.0. The van der Waals surface area contributed by atoms with E-state index in [1.54, 1.807) is 0 Å². The van der Waals surface area contributed by atoms with Crippen LogP contribution >= 0.6 is 11.6 Å². The molecule has 0 spiro atoms. The Morgan fingerprint density at radius 2 is 2.22 bits per heavy atom. The van der Waals surface area contributed by atoms with Crippen LogP contribution in [0.3, 0.4) is 0 Å². The molecule has 4 aliphatic rings. The minimum Gasteiger partial charge on any atom is -0.484 e. The third-order valence-corrected chi connectivity index (χ3v) is 5.55. The van der Waals surface area contributed by atoms with E-state index in [4.69, 9.17) is 21.6 Å². The first-order valence-corrected chi connectivity index (χ1v) is 9.13. The SMILES string of the molecule is N#CC1=NC(NC23CC(NC(=O)COc4ccc(Cl)c(F)c4)(C2)C3)CNC1. The zero-order valence-electron chi connectivity index (χ0n) is 14.5. The molecule has 3 saturated carbocycles. The Morgan fingerprint density at radius 1 is 1.44 bits per heavy atom. The van der Waals surface area contributed by atoms with Crippen LogP contribution in [0, 0.1) is 17.1 Å². The lowest BCUT2D eigenvalue weighted by Gasteiger charge is -2.71. The molecule has 5 rings (SSSR count). The fourth-order valence-corrected chi connectivity index (χ4v) is 4.35. The number of benzene rings is 1. The topological polar surface area (TPSA) is 98.5 Å². The minimum absolute atomic E-state index is 0.0119. The Balaban J connectivity index is 1.23. The predicted molar refractivity (Wildman–Crippen MR) is 97.2 cm³/mol. The maximum Gasteiger partial charge on any atom is 0.258 e. The van der Waals surface area contributed by atoms with E-state index in [1.807, 2.05) is 0 Å². The molecule has 0 radical (unpaired) electrons. The van der Waals surface area contributed by atoms with E-state index in [-0.39, 0.29) is 40.5 Å². The van der Waals surface area contributed by atoms with Gasteiger partial charge in [0.1, 0.15) is 29.5 Å². The van der Waals surface area contributed by atoms with Crippen molar-refractivity contribution in [3.8, 4) is 11.8 Å². The smallest absolute Gasteiger partial charge is 0.258 e. The Kier molecular flexibility index (Phi) is 4.54. The number of hydrogen-bond donors (Lipinski definition) is 3. The summed E-state index contributed by atoms with van der Waals surface area (Å²) in [6, 6.07) is 6.15. The molecule has 1 unspecified atom stereocenters. The van der Waals surface area contributed by atoms with Crippen LogP contribution in [0.4, 0.5) is 4.39 Å². The average molecular weight is 392 g/mol. The summed E-state index contributed by atoms with van der Waals surface area (Å²) in [5.41, 5.74) is 0.299. The van der Waals surface area contributed by atoms with Gasteiger partial charge in [-0.05, 0) is 31.4 Å². The molecular formula is C18H19ClFN5O2. The monoisotopic (exact) mass is 391 g/mol. The minimum atomic E-state index is -0.582. The summed E-state index contributed by atoms with van der Waals surface area (Å²) in [6.45, 7) is 1.03. The molecule has 1 aromatic rings. The number of carbonyl (C=O) groups excluding carboxylic acids is 1. The molecule has 3 N–H and O–H groups in total. The molecule has 0 saturated heterocycles. The largest absolute Gasteiger partial charge is 0.484 e. The molecule has 0 aromatic heterocycles. The van der Waals surface area contributed by atoms with Gasteiger partial charge in [-0.3, -0.25) is 15.1 Å². The van der Waals surface area contributed by atoms with Crippen molar-refractivity contribution in [2.75, 3.05) is 19.7 Å². The summed E-state index contributed by atoms with van der Waals surface area (Å²) in [4.78, 5) is 16.5. The molecule has 1 atom stereocenters. The second-order valence-corrected chi connectivity index (χ2v) is 7.89. The molecule has 1 heterocycles. The Morgan fingerprint density at radius 3 is 2.93 bits per heavy atom. The van der Waals surface area contributed by atoms with Crippen LogP contribution in [0.2, 0.25) is 5.02 Å². The van der Waals surface area contributed by atoms with Gasteiger partial charge in [0.05, 0.1) is 5.02 Å². The first-order chi connectivity index (χ1) is 12.9. The zero-order valence-corrected chi connectivity index (χ0v) is 15.3. The van der Waals surface area contributed by atoms with Crippen LogP contribution in [0.1, 0.15) is 19.3 Å². The first kappa shape index (κ1) is 18.2. The van der Waals surface area contributed by atoms with Gasteiger partial charge < -0.3 is 15.4 Å². The number of amides is 1. The molecule has 7 nitrogen and oxygen atoms in total. The van der Waals surface area contributed by atoms with Crippen molar-refractivity contribution in [2.45, 2.75) is 36.5 Å². The number of nitrogens with zero attached hydrogens (tertiary/aromatic N) is 2. The zero-order chi connectivity index (χ0) is 19.1. The van der Waals surface area contributed by atoms with Crippen molar-refractivity contribution in [3.05, 3.63) is 29.0 Å². The van der Waals surface area contributed by atoms with Crippen molar-refractivity contribution in [1.29, 1.82) is 5.26 Å². The van der Waals surface area contributed by atoms with E-state index in [0.717, 1.165) is 25.3 Å². The lowest BCUT2D eigenvalue weighted by Crippen LogP contribution is -2.84. The standard InChI is InChI=1S/C18H19ClFN5O2/c19-13-2-1-12(3-14(13)20)27-7-16(26)25-18-8-17(9-18,10-18)24-15-6-22-5-11(4-21)23-15/h1-3,15,22,24H,5-10H2,(H,25,26). The summed E-state index contributed by atoms with van der Waals surface area (Å²) >= 11 is 5.62. The molecular weight excluding hydrogens is 373 g/mol. The van der Waals surface area contributed by atoms with Gasteiger partial charge in [0.15, 0.2) is 6.61 Å². The quantitative estimate of drug-likeness (QED) is 0.675. The van der Waals surface area contributed by atoms with Crippen LogP contribution < -0.4 is 20.7 Å². The number of rotatable bonds is 6. The second-order valence-electron chi connectivity index (χ2n) is 7.48. The molecule has 1 amide bonds. The number of hydrogen-bond acceptors (Lipinski definition) is 6. The average Bonchev–Trinajstić information content (AvgIpc) is 2.60. The molecule has 1 aromatic carbocycles. The predicted octanol–water partition coefficient (Wildman–Crippen LogP) is 1.13. The highest BCUT2D eigenvalue weighted by atomic mass is 35.5. The highest BCUT2D eigenvalue weighted by Crippen LogP contribution is 2.60. The van der Waals surface area contributed by atoms with Crippen molar-refractivity contribution in [3.63, 3.8) is 0 Å². The van der Waals surface area contributed by atoms with Crippen LogP contribution in [-0.2, 0) is 4.79 Å². The van der Waals surface area contributed by atoms with Gasteiger partial charge in [-0.1, -0.05) is 11.6 Å². The van der Waals surface area contributed by atoms with E-state index in [0.29, 0.717) is 18.8 Å². The maximum absolute atomic E-state index is 13.4. The fraction of sp³-hybridized carbons (Fsp3) is 0.500. The fourth-order valence-electron chi connectivity index (χ4n) is 4.23. The molecule has 9 heteroatoms. The summed E-state index contributed by atoms with van der Waals surface area (Å²) in [6.07, 6.45) is 2.38. The van der Waals surface area contributed by atoms with Gasteiger partial charge >= 0.3 is 0 Å². The molecule has 1 aliphatic heterocycles. The molecule has 27 heavy (non-hydrogen) atoms. The maximum atomic E-state index is 13.4. The van der Waals surface area contributed by atoms with Gasteiger partial charge in [0.25, 0.3) is 5.91 Å². The lowest BCUT2D eigenvalue weighted by molar-refractivity contribution is -0.144. The van der Waals surface area contributed by atoms with E-state index >= 15 is 0 Å². The van der Waals surface area contributed by atoms with Crippen molar-refractivity contribution in [2.24, 2.45) is 4.99 Å². The van der Waals surface area contributed by atoms with E-state index < -0.39 is 5.82 Å². The van der Waals surface area contributed by atoms with Gasteiger partial charge in [-0.2, -0.15) is 5.26 Å². The summed E-state index contributed by atoms with van der Waals surface area (Å²) in [5.74, 6) is -0.553. The highest BCUT2D eigenvalue weighted by molar-refractivity contribution is 6.30. The molecule has 2 bridgehead atoms. The highest BCUT2D eigenvalue weighted by Gasteiger charge is 2.68. The summed E-state index contributed by atoms with van der Waals surface area (Å²) < 4.78 is 18.7. The summed E-state index contributed by atoms with van der Waals surface area (Å²) in [7, 11) is 0. The van der Waals surface area contributed by atoms with Crippen molar-refractivity contribution >= 4 is 23.2 Å². The summed E-state index contributed by atoms with van der Waals surface area (Å²) in [5, 5.41) is 18.6. The van der Waals surface area contributed by atoms with E-state index in [1.165, 1.54) is 12.1 Å². The van der Waals surface area contributed by atoms with Crippen molar-refractivity contribution < 1.29 is 13.9 Å². The number of aliphatic imine (C=N–C) groups is 1. The van der Waals surface area contributed by atoms with Gasteiger partial charge in [0, 0.05) is 30.2 Å². The van der Waals surface area contributed by atoms with Gasteiger partial charge in [-0.15, -0.1) is 0 Å². The molecule has 3 fully saturated rings. The number of ether oxygens (including phenoxy) is 1. The number of nitriles is 1. The van der Waals surface area contributed by atoms with E-state index in [2.05, 4.69) is 27.0 Å². The lowest BCUT2D eigenvalue weighted by atomic mass is 9.44. The van der Waals surface area contributed by atoms with Crippen LogP contribution in [0.25, 0.3) is 0 Å². The Hall–Kier alpha value is -2.21. The van der Waals surface area contributed by atoms with Crippen LogP contribution in [-0.4, -0.2) is 48.6 Å². The molecule has 3 aliphatic carbocycles. The Bertz CT molecular complexity index is 833. The third-order valence-electron chi connectivity index (χ3n) is 5.24. The first-order valence-electron chi connectivity index (χ1n) is 8.75. The number of carbonyl (C=O) groups is 1. The van der Waals surface area contributed by atoms with Crippen LogP contribution in [0.15, 0.2) is 23.2 Å². The van der Waals surface area contributed by atoms with Gasteiger partial charge in [-0.25, -0.2) is 4.39 Å². The number of nitrogens with one attached hydrogen (secondary N) is 3. The van der Waals surface area contributed by atoms with Gasteiger partial charge in [0.2, 0.25) is 0 Å². The number of halogens is 2. The van der Waals surface area contributed by atoms with Crippen molar-refractivity contribution in [1.82, 2.24) is 16.0 Å². The third kappa shape index (κ3) is 3.63. The van der Waals surface area contributed by atoms with E-state index in [9.17, 15) is 9.18 Å².